The summed E-state index contributed by atoms with van der Waals surface area (Å²) in [5.41, 5.74) is 3.08. The quantitative estimate of drug-likeness (QED) is 0.593. The summed E-state index contributed by atoms with van der Waals surface area (Å²) in [7, 11) is 0. The Morgan fingerprint density at radius 3 is 2.63 bits per heavy atom. The van der Waals surface area contributed by atoms with Crippen LogP contribution in [0.3, 0.4) is 0 Å². The van der Waals surface area contributed by atoms with Gasteiger partial charge in [0.05, 0.1) is 0 Å². The molecule has 0 nitrogen and oxygen atoms in total. The van der Waals surface area contributed by atoms with E-state index in [1.54, 1.807) is 12.1 Å². The van der Waals surface area contributed by atoms with Gasteiger partial charge in [0, 0.05) is 0 Å². The van der Waals surface area contributed by atoms with E-state index in [-0.39, 0.29) is 5.82 Å². The van der Waals surface area contributed by atoms with Crippen LogP contribution in [0.25, 0.3) is 5.57 Å². The molecule has 0 amide bonds. The summed E-state index contributed by atoms with van der Waals surface area (Å²) in [5, 5.41) is 0. The van der Waals surface area contributed by atoms with E-state index in [1.807, 2.05) is 50.3 Å². The summed E-state index contributed by atoms with van der Waals surface area (Å²) in [4.78, 5) is 0. The lowest BCUT2D eigenvalue weighted by atomic mass is 10.0. The highest BCUT2D eigenvalue weighted by atomic mass is 19.1. The lowest BCUT2D eigenvalue weighted by molar-refractivity contribution is 0.627. The molecule has 0 aromatic heterocycles. The van der Waals surface area contributed by atoms with Gasteiger partial charge in [-0.15, -0.1) is 0 Å². The highest BCUT2D eigenvalue weighted by molar-refractivity contribution is 5.75. The van der Waals surface area contributed by atoms with E-state index < -0.39 is 0 Å². The molecule has 0 aliphatic carbocycles. The fraction of sp³-hybridized carbons (Fsp3) is 0.222. The van der Waals surface area contributed by atoms with Crippen LogP contribution in [-0.2, 0) is 0 Å². The molecule has 0 spiro atoms. The van der Waals surface area contributed by atoms with Crippen LogP contribution in [0.15, 0.2) is 66.3 Å². The molecule has 0 aliphatic heterocycles. The zero-order valence-electron chi connectivity index (χ0n) is 11.9. The lowest BCUT2D eigenvalue weighted by Gasteiger charge is -2.02. The van der Waals surface area contributed by atoms with Crippen LogP contribution in [0.2, 0.25) is 0 Å². The maximum atomic E-state index is 13.3. The second-order valence-electron chi connectivity index (χ2n) is 4.35. The van der Waals surface area contributed by atoms with Crippen LogP contribution in [0.4, 0.5) is 4.39 Å². The maximum absolute atomic E-state index is 13.3. The molecule has 0 aliphatic rings. The predicted molar refractivity (Wildman–Crippen MR) is 82.4 cm³/mol. The van der Waals surface area contributed by atoms with Crippen molar-refractivity contribution in [2.24, 2.45) is 0 Å². The highest BCUT2D eigenvalue weighted by Gasteiger charge is 1.98. The average molecular weight is 256 g/mol. The molecule has 0 fully saturated rings. The van der Waals surface area contributed by atoms with E-state index in [0.717, 1.165) is 17.6 Å². The molecule has 0 radical (unpaired) electrons. The summed E-state index contributed by atoms with van der Waals surface area (Å²) in [6, 6.07) is 6.69. The monoisotopic (exact) mass is 256 g/mol. The molecule has 0 atom stereocenters. The average Bonchev–Trinajstić information content (AvgIpc) is 2.39. The van der Waals surface area contributed by atoms with Gasteiger partial charge in [0.25, 0.3) is 0 Å². The first kappa shape index (κ1) is 15.2. The number of hydrogen-bond donors (Lipinski definition) is 0. The van der Waals surface area contributed by atoms with Crippen molar-refractivity contribution in [3.63, 3.8) is 0 Å². The fourth-order valence-corrected chi connectivity index (χ4v) is 1.70. The van der Waals surface area contributed by atoms with Gasteiger partial charge in [-0.3, -0.25) is 0 Å². The molecule has 0 unspecified atom stereocenters. The normalized spacial score (nSPS) is 13.7. The molecule has 1 aromatic carbocycles. The molecule has 100 valence electrons. The molecular weight excluding hydrogens is 235 g/mol. The van der Waals surface area contributed by atoms with Crippen LogP contribution in [-0.4, -0.2) is 0 Å². The molecule has 1 aromatic rings. The molecule has 0 bridgehead atoms. The first-order chi connectivity index (χ1) is 9.17. The van der Waals surface area contributed by atoms with Crippen LogP contribution in [0.5, 0.6) is 0 Å². The van der Waals surface area contributed by atoms with Gasteiger partial charge in [0.2, 0.25) is 0 Å². The Bertz CT molecular complexity index is 516. The largest absolute Gasteiger partial charge is 0.207 e. The molecular formula is C18H21F. The van der Waals surface area contributed by atoms with Crippen molar-refractivity contribution < 1.29 is 4.39 Å². The Morgan fingerprint density at radius 2 is 2.00 bits per heavy atom. The minimum atomic E-state index is -0.206. The second-order valence-corrected chi connectivity index (χ2v) is 4.35. The standard InChI is InChI=1S/C18H21F/c1-4-6-9-16(13-12-15(3)8-5-2)17-10-7-11-18(19)14-17/h5-14H,4H2,1-3H3/b8-5+,9-6+,15-12+,16-13+. The second kappa shape index (κ2) is 8.25. The molecule has 0 saturated heterocycles. The summed E-state index contributed by atoms with van der Waals surface area (Å²) in [6.07, 6.45) is 13.2. The predicted octanol–water partition coefficient (Wildman–Crippen LogP) is 5.70. The van der Waals surface area contributed by atoms with Crippen LogP contribution >= 0.6 is 0 Å². The van der Waals surface area contributed by atoms with E-state index in [0.29, 0.717) is 0 Å². The van der Waals surface area contributed by atoms with E-state index in [2.05, 4.69) is 13.0 Å². The van der Waals surface area contributed by atoms with E-state index in [4.69, 9.17) is 0 Å². The number of rotatable bonds is 5. The SMILES string of the molecule is C/C=C/C(C)=C/C=C(\C=C\CC)c1cccc(F)c1. The van der Waals surface area contributed by atoms with E-state index in [9.17, 15) is 4.39 Å². The number of allylic oxidation sites excluding steroid dienone is 8. The zero-order chi connectivity index (χ0) is 14.1. The Balaban J connectivity index is 3.11. The fourth-order valence-electron chi connectivity index (χ4n) is 1.70. The first-order valence-electron chi connectivity index (χ1n) is 6.61. The van der Waals surface area contributed by atoms with Gasteiger partial charge in [-0.05, 0) is 43.5 Å². The Morgan fingerprint density at radius 1 is 1.21 bits per heavy atom. The van der Waals surface area contributed by atoms with Gasteiger partial charge < -0.3 is 0 Å². The third kappa shape index (κ3) is 5.52. The number of halogens is 1. The maximum Gasteiger partial charge on any atom is 0.123 e. The van der Waals surface area contributed by atoms with Gasteiger partial charge in [-0.2, -0.15) is 0 Å². The third-order valence-electron chi connectivity index (χ3n) is 2.65. The van der Waals surface area contributed by atoms with Gasteiger partial charge in [-0.25, -0.2) is 4.39 Å². The summed E-state index contributed by atoms with van der Waals surface area (Å²) in [6.45, 7) is 6.12. The lowest BCUT2D eigenvalue weighted by Crippen LogP contribution is -1.83. The van der Waals surface area contributed by atoms with Gasteiger partial charge in [0.15, 0.2) is 0 Å². The van der Waals surface area contributed by atoms with Crippen LogP contribution in [0, 0.1) is 5.82 Å². The van der Waals surface area contributed by atoms with Crippen molar-refractivity contribution >= 4 is 5.57 Å². The topological polar surface area (TPSA) is 0 Å². The third-order valence-corrected chi connectivity index (χ3v) is 2.65. The van der Waals surface area contributed by atoms with Crippen molar-refractivity contribution in [3.05, 3.63) is 77.7 Å². The highest BCUT2D eigenvalue weighted by Crippen LogP contribution is 2.18. The summed E-state index contributed by atoms with van der Waals surface area (Å²) in [5.74, 6) is -0.206. The minimum Gasteiger partial charge on any atom is -0.207 e. The van der Waals surface area contributed by atoms with E-state index in [1.165, 1.54) is 11.6 Å². The zero-order valence-corrected chi connectivity index (χ0v) is 11.9. The van der Waals surface area contributed by atoms with E-state index >= 15 is 0 Å². The summed E-state index contributed by atoms with van der Waals surface area (Å²) < 4.78 is 13.3. The Kier molecular flexibility index (Phi) is 6.59. The minimum absolute atomic E-state index is 0.206. The molecule has 1 rings (SSSR count). The number of hydrogen-bond acceptors (Lipinski definition) is 0. The van der Waals surface area contributed by atoms with Gasteiger partial charge >= 0.3 is 0 Å². The van der Waals surface area contributed by atoms with Crippen LogP contribution in [0.1, 0.15) is 32.8 Å². The molecule has 19 heavy (non-hydrogen) atoms. The first-order valence-corrected chi connectivity index (χ1v) is 6.61. The molecule has 0 N–H and O–H groups in total. The van der Waals surface area contributed by atoms with Crippen LogP contribution < -0.4 is 0 Å². The molecule has 1 heteroatoms. The van der Waals surface area contributed by atoms with Crippen molar-refractivity contribution in [1.82, 2.24) is 0 Å². The molecule has 0 heterocycles. The van der Waals surface area contributed by atoms with Gasteiger partial charge in [0.1, 0.15) is 5.82 Å². The number of benzene rings is 1. The Labute approximate surface area is 115 Å². The summed E-state index contributed by atoms with van der Waals surface area (Å²) >= 11 is 0. The van der Waals surface area contributed by atoms with Gasteiger partial charge in [-0.1, -0.05) is 61.1 Å². The Hall–Kier alpha value is -1.89. The van der Waals surface area contributed by atoms with Crippen molar-refractivity contribution in [3.8, 4) is 0 Å². The molecule has 0 saturated carbocycles. The smallest absolute Gasteiger partial charge is 0.123 e. The van der Waals surface area contributed by atoms with Crippen molar-refractivity contribution in [1.29, 1.82) is 0 Å². The van der Waals surface area contributed by atoms with Crippen molar-refractivity contribution in [2.75, 3.05) is 0 Å². The van der Waals surface area contributed by atoms with Crippen molar-refractivity contribution in [2.45, 2.75) is 27.2 Å².